The normalized spacial score (nSPS) is 19.3. The molecule has 1 aromatic carbocycles. The van der Waals surface area contributed by atoms with Crippen molar-refractivity contribution in [3.63, 3.8) is 0 Å². The molecule has 7 heteroatoms. The summed E-state index contributed by atoms with van der Waals surface area (Å²) >= 11 is 1.63. The maximum Gasteiger partial charge on any atom is 0.146 e. The Labute approximate surface area is 170 Å². The summed E-state index contributed by atoms with van der Waals surface area (Å²) in [5, 5.41) is 0.966. The number of benzene rings is 1. The number of fused-ring (bicyclic) bond motifs is 1. The molecule has 28 heavy (non-hydrogen) atoms. The van der Waals surface area contributed by atoms with Crippen molar-refractivity contribution >= 4 is 28.8 Å². The summed E-state index contributed by atoms with van der Waals surface area (Å²) in [6.45, 7) is 1.97. The maximum atomic E-state index is 6.29. The average molecular weight is 397 g/mol. The van der Waals surface area contributed by atoms with Crippen molar-refractivity contribution in [1.29, 1.82) is 0 Å². The van der Waals surface area contributed by atoms with Crippen molar-refractivity contribution in [3.8, 4) is 11.1 Å². The van der Waals surface area contributed by atoms with E-state index >= 15 is 0 Å². The van der Waals surface area contributed by atoms with Gasteiger partial charge in [-0.1, -0.05) is 30.1 Å². The van der Waals surface area contributed by atoms with Crippen LogP contribution in [0.15, 0.2) is 36.8 Å². The molecule has 0 radical (unpaired) electrons. The first kappa shape index (κ1) is 19.2. The Balaban J connectivity index is 1.70. The lowest BCUT2D eigenvalue weighted by molar-refractivity contribution is 0.159. The molecule has 1 fully saturated rings. The molecule has 2 heterocycles. The van der Waals surface area contributed by atoms with Gasteiger partial charge in [0, 0.05) is 30.9 Å². The summed E-state index contributed by atoms with van der Waals surface area (Å²) in [5.41, 5.74) is 10.8. The first-order chi connectivity index (χ1) is 13.6. The second-order valence-electron chi connectivity index (χ2n) is 7.89. The van der Waals surface area contributed by atoms with Crippen LogP contribution in [-0.4, -0.2) is 46.3 Å². The molecule has 0 unspecified atom stereocenters. The van der Waals surface area contributed by atoms with Gasteiger partial charge >= 0.3 is 0 Å². The topological polar surface area (TPSA) is 72.0 Å². The monoisotopic (exact) mass is 396 g/mol. The highest BCUT2D eigenvalue weighted by atomic mass is 32.2. The molecule has 1 saturated carbocycles. The number of hydrogen-bond donors (Lipinski definition) is 2. The van der Waals surface area contributed by atoms with Gasteiger partial charge in [-0.05, 0) is 56.3 Å². The number of nitrogens with one attached hydrogen (secondary N) is 1. The highest BCUT2D eigenvalue weighted by Crippen LogP contribution is 2.43. The van der Waals surface area contributed by atoms with E-state index in [1.807, 2.05) is 6.26 Å². The second kappa shape index (κ2) is 8.11. The van der Waals surface area contributed by atoms with Gasteiger partial charge in [-0.2, -0.15) is 0 Å². The lowest BCUT2D eigenvalue weighted by atomic mass is 9.80. The van der Waals surface area contributed by atoms with Crippen molar-refractivity contribution in [2.24, 2.45) is 5.92 Å². The third-order valence-corrected chi connectivity index (χ3v) is 5.96. The van der Waals surface area contributed by atoms with Crippen LogP contribution in [0.3, 0.4) is 0 Å². The number of rotatable bonds is 7. The molecule has 0 aliphatic heterocycles. The van der Waals surface area contributed by atoms with Crippen LogP contribution in [-0.2, 0) is 6.54 Å². The zero-order valence-electron chi connectivity index (χ0n) is 16.7. The number of nitrogens with zero attached hydrogens (tertiary/aromatic N) is 4. The molecule has 3 N–H and O–H groups in total. The Morgan fingerprint density at radius 2 is 2.11 bits per heavy atom. The molecule has 1 aliphatic carbocycles. The molecule has 0 saturated heterocycles. The SMILES string of the molecule is CSNCc1cccc(-c2cn(C3CC(CN(C)C)C3)c3ncnc(N)c23)c1. The lowest BCUT2D eigenvalue weighted by Gasteiger charge is -2.38. The maximum absolute atomic E-state index is 6.29. The van der Waals surface area contributed by atoms with Gasteiger partial charge in [0.2, 0.25) is 0 Å². The first-order valence-electron chi connectivity index (χ1n) is 9.67. The van der Waals surface area contributed by atoms with E-state index in [1.54, 1.807) is 18.3 Å². The third kappa shape index (κ3) is 3.74. The number of nitrogen functional groups attached to an aromatic ring is 1. The van der Waals surface area contributed by atoms with E-state index in [0.717, 1.165) is 41.2 Å². The molecule has 0 bridgehead atoms. The van der Waals surface area contributed by atoms with Crippen LogP contribution in [0, 0.1) is 5.92 Å². The van der Waals surface area contributed by atoms with Crippen LogP contribution in [0.4, 0.5) is 5.82 Å². The molecule has 6 nitrogen and oxygen atoms in total. The molecule has 0 amide bonds. The summed E-state index contributed by atoms with van der Waals surface area (Å²) in [4.78, 5) is 11.1. The van der Waals surface area contributed by atoms with Crippen LogP contribution in [0.5, 0.6) is 0 Å². The van der Waals surface area contributed by atoms with Crippen molar-refractivity contribution in [3.05, 3.63) is 42.4 Å². The Morgan fingerprint density at radius 1 is 1.29 bits per heavy atom. The molecule has 148 valence electrons. The standard InChI is InChI=1S/C21H28N6S/c1-26(2)11-15-8-17(9-15)27-12-18(19-20(22)23-13-24-21(19)27)16-6-4-5-14(7-16)10-25-28-3/h4-7,12-13,15,17,25H,8-11H2,1-3H3,(H2,22,23,24). The van der Waals surface area contributed by atoms with Crippen LogP contribution < -0.4 is 10.5 Å². The Kier molecular flexibility index (Phi) is 5.57. The molecule has 3 aromatic rings. The Bertz CT molecular complexity index is 961. The van der Waals surface area contributed by atoms with E-state index in [4.69, 9.17) is 5.73 Å². The molecular formula is C21H28N6S. The fraction of sp³-hybridized carbons (Fsp3) is 0.429. The third-order valence-electron chi connectivity index (χ3n) is 5.52. The minimum atomic E-state index is 0.483. The second-order valence-corrected chi connectivity index (χ2v) is 8.58. The van der Waals surface area contributed by atoms with Gasteiger partial charge < -0.3 is 15.2 Å². The van der Waals surface area contributed by atoms with E-state index in [-0.39, 0.29) is 0 Å². The van der Waals surface area contributed by atoms with Crippen molar-refractivity contribution < 1.29 is 0 Å². The van der Waals surface area contributed by atoms with Crippen LogP contribution in [0.25, 0.3) is 22.2 Å². The van der Waals surface area contributed by atoms with E-state index in [1.165, 1.54) is 18.4 Å². The van der Waals surface area contributed by atoms with E-state index in [2.05, 4.69) is 68.7 Å². The Morgan fingerprint density at radius 3 is 2.86 bits per heavy atom. The minimum absolute atomic E-state index is 0.483. The smallest absolute Gasteiger partial charge is 0.146 e. The first-order valence-corrected chi connectivity index (χ1v) is 10.9. The fourth-order valence-electron chi connectivity index (χ4n) is 4.20. The van der Waals surface area contributed by atoms with Crippen LogP contribution in [0.1, 0.15) is 24.4 Å². The zero-order valence-corrected chi connectivity index (χ0v) is 17.5. The summed E-state index contributed by atoms with van der Waals surface area (Å²) in [6.07, 6.45) is 8.21. The van der Waals surface area contributed by atoms with E-state index in [0.29, 0.717) is 11.9 Å². The highest BCUT2D eigenvalue weighted by Gasteiger charge is 2.32. The summed E-state index contributed by atoms with van der Waals surface area (Å²) < 4.78 is 5.63. The van der Waals surface area contributed by atoms with E-state index < -0.39 is 0 Å². The zero-order chi connectivity index (χ0) is 19.7. The predicted octanol–water partition coefficient (Wildman–Crippen LogP) is 3.56. The van der Waals surface area contributed by atoms with Gasteiger partial charge in [-0.25, -0.2) is 9.97 Å². The largest absolute Gasteiger partial charge is 0.383 e. The summed E-state index contributed by atoms with van der Waals surface area (Å²) in [7, 11) is 4.28. The van der Waals surface area contributed by atoms with Crippen molar-refractivity contribution in [1.82, 2.24) is 24.2 Å². The number of anilines is 1. The van der Waals surface area contributed by atoms with Gasteiger partial charge in [0.1, 0.15) is 17.8 Å². The lowest BCUT2D eigenvalue weighted by Crippen LogP contribution is -2.33. The van der Waals surface area contributed by atoms with Crippen LogP contribution >= 0.6 is 11.9 Å². The molecule has 0 atom stereocenters. The Hall–Kier alpha value is -2.09. The number of hydrogen-bond acceptors (Lipinski definition) is 6. The summed E-state index contributed by atoms with van der Waals surface area (Å²) in [6, 6.07) is 9.10. The molecule has 1 aliphatic rings. The molecular weight excluding hydrogens is 368 g/mol. The van der Waals surface area contributed by atoms with Gasteiger partial charge in [0.05, 0.1) is 5.39 Å². The quantitative estimate of drug-likeness (QED) is 0.595. The van der Waals surface area contributed by atoms with Crippen LogP contribution in [0.2, 0.25) is 0 Å². The molecule has 4 rings (SSSR count). The fourth-order valence-corrected chi connectivity index (χ4v) is 4.51. The minimum Gasteiger partial charge on any atom is -0.383 e. The molecule has 0 spiro atoms. The molecule has 2 aromatic heterocycles. The predicted molar refractivity (Wildman–Crippen MR) is 118 cm³/mol. The highest BCUT2D eigenvalue weighted by molar-refractivity contribution is 7.96. The van der Waals surface area contributed by atoms with E-state index in [9.17, 15) is 0 Å². The average Bonchev–Trinajstić information content (AvgIpc) is 3.03. The van der Waals surface area contributed by atoms with Crippen molar-refractivity contribution in [2.45, 2.75) is 25.4 Å². The van der Waals surface area contributed by atoms with Gasteiger partial charge in [0.25, 0.3) is 0 Å². The number of nitrogens with two attached hydrogens (primary N) is 1. The van der Waals surface area contributed by atoms with Gasteiger partial charge in [-0.3, -0.25) is 4.72 Å². The number of aromatic nitrogens is 3. The van der Waals surface area contributed by atoms with Gasteiger partial charge in [-0.15, -0.1) is 0 Å². The van der Waals surface area contributed by atoms with Gasteiger partial charge in [0.15, 0.2) is 0 Å². The van der Waals surface area contributed by atoms with Crippen molar-refractivity contribution in [2.75, 3.05) is 32.6 Å². The summed E-state index contributed by atoms with van der Waals surface area (Å²) in [5.74, 6) is 1.30.